The van der Waals surface area contributed by atoms with Crippen molar-refractivity contribution in [3.63, 3.8) is 0 Å². The molecule has 0 bridgehead atoms. The highest BCUT2D eigenvalue weighted by Crippen LogP contribution is 2.27. The molecule has 1 aromatic heterocycles. The molecule has 15 heavy (non-hydrogen) atoms. The monoisotopic (exact) mass is 263 g/mol. The van der Waals surface area contributed by atoms with Gasteiger partial charge < -0.3 is 0 Å². The fraction of sp³-hybridized carbons (Fsp3) is 0.778. The van der Waals surface area contributed by atoms with E-state index < -0.39 is 0 Å². The molecule has 1 fully saturated rings. The smallest absolute Gasteiger partial charge is 0.138 e. The van der Waals surface area contributed by atoms with Gasteiger partial charge in [0, 0.05) is 41.7 Å². The van der Waals surface area contributed by atoms with Crippen LogP contribution in [0, 0.1) is 0 Å². The normalized spacial score (nSPS) is 28.2. The van der Waals surface area contributed by atoms with Gasteiger partial charge in [0.1, 0.15) is 10.0 Å². The molecule has 0 N–H and O–H groups in total. The van der Waals surface area contributed by atoms with Gasteiger partial charge in [-0.25, -0.2) is 0 Å². The number of nitrogens with zero attached hydrogens (tertiary/aromatic N) is 3. The van der Waals surface area contributed by atoms with Gasteiger partial charge in [-0.3, -0.25) is 4.90 Å². The van der Waals surface area contributed by atoms with Gasteiger partial charge in [-0.05, 0) is 0 Å². The molecule has 1 aliphatic rings. The van der Waals surface area contributed by atoms with Crippen molar-refractivity contribution in [2.75, 3.05) is 13.1 Å². The van der Waals surface area contributed by atoms with Crippen molar-refractivity contribution in [2.24, 2.45) is 0 Å². The summed E-state index contributed by atoms with van der Waals surface area (Å²) in [5.74, 6) is 0. The summed E-state index contributed by atoms with van der Waals surface area (Å²) in [6.45, 7) is 7.61. The summed E-state index contributed by atoms with van der Waals surface area (Å²) >= 11 is 9.31. The Morgan fingerprint density at radius 3 is 2.60 bits per heavy atom. The molecule has 2 rings (SSSR count). The number of rotatable bonds is 2. The maximum atomic E-state index is 5.99. The summed E-state index contributed by atoms with van der Waals surface area (Å²) in [7, 11) is 0. The zero-order chi connectivity index (χ0) is 10.8. The molecule has 1 aromatic rings. The highest BCUT2D eigenvalue weighted by molar-refractivity contribution is 8.00. The summed E-state index contributed by atoms with van der Waals surface area (Å²) in [6, 6.07) is 0. The molecule has 3 nitrogen and oxygen atoms in total. The first-order valence-electron chi connectivity index (χ1n) is 4.99. The third-order valence-electron chi connectivity index (χ3n) is 2.38. The molecule has 0 amide bonds. The van der Waals surface area contributed by atoms with Crippen LogP contribution in [0.5, 0.6) is 0 Å². The van der Waals surface area contributed by atoms with Crippen LogP contribution in [-0.2, 0) is 6.54 Å². The number of halogens is 1. The van der Waals surface area contributed by atoms with Crippen LogP contribution in [0.4, 0.5) is 0 Å². The lowest BCUT2D eigenvalue weighted by Crippen LogP contribution is -2.39. The fourth-order valence-corrected chi connectivity index (χ4v) is 3.92. The molecule has 0 spiro atoms. The maximum absolute atomic E-state index is 5.99. The first kappa shape index (κ1) is 11.6. The van der Waals surface area contributed by atoms with Crippen LogP contribution < -0.4 is 0 Å². The summed E-state index contributed by atoms with van der Waals surface area (Å²) in [5, 5.41) is 5.44. The minimum atomic E-state index is 0.694. The van der Waals surface area contributed by atoms with Gasteiger partial charge in [0.05, 0.1) is 0 Å². The van der Waals surface area contributed by atoms with Crippen LogP contribution in [0.25, 0.3) is 0 Å². The van der Waals surface area contributed by atoms with Crippen molar-refractivity contribution in [3.05, 3.63) is 10.0 Å². The van der Waals surface area contributed by atoms with Crippen molar-refractivity contribution in [1.82, 2.24) is 14.5 Å². The zero-order valence-corrected chi connectivity index (χ0v) is 11.2. The van der Waals surface area contributed by atoms with E-state index in [-0.39, 0.29) is 0 Å². The molecule has 1 aliphatic heterocycles. The molecule has 2 atom stereocenters. The lowest BCUT2D eigenvalue weighted by Gasteiger charge is -2.33. The molecule has 84 valence electrons. The van der Waals surface area contributed by atoms with Crippen molar-refractivity contribution in [1.29, 1.82) is 0 Å². The number of thioether (sulfide) groups is 1. The van der Waals surface area contributed by atoms with E-state index in [0.29, 0.717) is 10.5 Å². The molecule has 2 unspecified atom stereocenters. The van der Waals surface area contributed by atoms with E-state index in [2.05, 4.69) is 40.1 Å². The predicted octanol–water partition coefficient (Wildman–Crippen LogP) is 2.52. The van der Waals surface area contributed by atoms with Crippen molar-refractivity contribution in [2.45, 2.75) is 30.9 Å². The van der Waals surface area contributed by atoms with E-state index in [4.69, 9.17) is 11.6 Å². The Bertz CT molecular complexity index is 321. The zero-order valence-electron chi connectivity index (χ0n) is 8.81. The molecular weight excluding hydrogens is 250 g/mol. The van der Waals surface area contributed by atoms with Crippen LogP contribution in [0.15, 0.2) is 0 Å². The van der Waals surface area contributed by atoms with Crippen molar-refractivity contribution in [3.8, 4) is 0 Å². The van der Waals surface area contributed by atoms with Gasteiger partial charge in [-0.1, -0.05) is 29.9 Å². The predicted molar refractivity (Wildman–Crippen MR) is 66.7 cm³/mol. The average Bonchev–Trinajstić information content (AvgIpc) is 2.50. The van der Waals surface area contributed by atoms with Gasteiger partial charge in [0.25, 0.3) is 0 Å². The first-order chi connectivity index (χ1) is 7.15. The van der Waals surface area contributed by atoms with E-state index in [9.17, 15) is 0 Å². The minimum absolute atomic E-state index is 0.694. The van der Waals surface area contributed by atoms with E-state index in [1.54, 1.807) is 0 Å². The molecule has 0 saturated carbocycles. The van der Waals surface area contributed by atoms with E-state index in [0.717, 1.165) is 29.7 Å². The van der Waals surface area contributed by atoms with Gasteiger partial charge in [-0.2, -0.15) is 11.8 Å². The average molecular weight is 264 g/mol. The Morgan fingerprint density at radius 2 is 2.07 bits per heavy atom. The van der Waals surface area contributed by atoms with Crippen LogP contribution in [0.2, 0.25) is 4.34 Å². The summed E-state index contributed by atoms with van der Waals surface area (Å²) in [5.41, 5.74) is 0.924. The topological polar surface area (TPSA) is 29.0 Å². The van der Waals surface area contributed by atoms with Gasteiger partial charge in [0.2, 0.25) is 0 Å². The largest absolute Gasteiger partial charge is 0.295 e. The highest BCUT2D eigenvalue weighted by atomic mass is 35.5. The third kappa shape index (κ3) is 3.06. The lowest BCUT2D eigenvalue weighted by molar-refractivity contribution is 0.260. The summed E-state index contributed by atoms with van der Waals surface area (Å²) < 4.78 is 4.58. The van der Waals surface area contributed by atoms with Gasteiger partial charge in [-0.15, -0.1) is 5.10 Å². The number of hydrogen-bond donors (Lipinski definition) is 0. The Labute approximate surface area is 103 Å². The molecule has 0 aromatic carbocycles. The standard InChI is InChI=1S/C9H14ClN3S2/c1-6-3-13(4-7(2)14-6)5-8-9(10)15-12-11-8/h6-7H,3-5H2,1-2H3. The lowest BCUT2D eigenvalue weighted by atomic mass is 10.3. The molecule has 6 heteroatoms. The second-order valence-electron chi connectivity index (χ2n) is 3.94. The van der Waals surface area contributed by atoms with Crippen LogP contribution >= 0.6 is 34.9 Å². The number of hydrogen-bond acceptors (Lipinski definition) is 5. The molecular formula is C9H14ClN3S2. The number of aromatic nitrogens is 2. The van der Waals surface area contributed by atoms with Crippen molar-refractivity contribution >= 4 is 34.9 Å². The second-order valence-corrected chi connectivity index (χ2v) is 7.18. The Balaban J connectivity index is 1.97. The van der Waals surface area contributed by atoms with E-state index >= 15 is 0 Å². The fourth-order valence-electron chi connectivity index (χ4n) is 1.92. The summed E-state index contributed by atoms with van der Waals surface area (Å²) in [4.78, 5) is 2.41. The van der Waals surface area contributed by atoms with Gasteiger partial charge in [0.15, 0.2) is 0 Å². The maximum Gasteiger partial charge on any atom is 0.138 e. The first-order valence-corrected chi connectivity index (χ1v) is 7.09. The third-order valence-corrected chi connectivity index (χ3v) is 4.59. The van der Waals surface area contributed by atoms with Crippen LogP contribution in [-0.4, -0.2) is 38.1 Å². The van der Waals surface area contributed by atoms with Gasteiger partial charge >= 0.3 is 0 Å². The second kappa shape index (κ2) is 4.99. The molecule has 0 aliphatic carbocycles. The van der Waals surface area contributed by atoms with E-state index in [1.165, 1.54) is 11.5 Å². The molecule has 0 radical (unpaired) electrons. The van der Waals surface area contributed by atoms with E-state index in [1.807, 2.05) is 0 Å². The highest BCUT2D eigenvalue weighted by Gasteiger charge is 2.23. The Morgan fingerprint density at radius 1 is 1.40 bits per heavy atom. The molecule has 2 heterocycles. The van der Waals surface area contributed by atoms with Crippen molar-refractivity contribution < 1.29 is 0 Å². The minimum Gasteiger partial charge on any atom is -0.295 e. The SMILES string of the molecule is CC1CN(Cc2nnsc2Cl)CC(C)S1. The summed E-state index contributed by atoms with van der Waals surface area (Å²) in [6.07, 6.45) is 0. The van der Waals surface area contributed by atoms with Crippen LogP contribution in [0.1, 0.15) is 19.5 Å². The Kier molecular flexibility index (Phi) is 3.88. The Hall–Kier alpha value is 0.160. The molecule has 1 saturated heterocycles. The quantitative estimate of drug-likeness (QED) is 0.820. The van der Waals surface area contributed by atoms with Crippen LogP contribution in [0.3, 0.4) is 0 Å².